The van der Waals surface area contributed by atoms with Crippen LogP contribution in [0.4, 0.5) is 0 Å². The third-order valence-corrected chi connectivity index (χ3v) is 8.07. The summed E-state index contributed by atoms with van der Waals surface area (Å²) in [6.07, 6.45) is 10.1. The Labute approximate surface area is 208 Å². The van der Waals surface area contributed by atoms with Crippen LogP contribution < -0.4 is 0 Å². The van der Waals surface area contributed by atoms with Crippen molar-refractivity contribution in [2.75, 3.05) is 19.8 Å². The van der Waals surface area contributed by atoms with Crippen LogP contribution in [0.2, 0.25) is 0 Å². The number of likely N-dealkylation sites (tertiary alicyclic amines) is 1. The number of carbonyl (C=O) groups is 3. The van der Waals surface area contributed by atoms with Crippen molar-refractivity contribution in [3.05, 3.63) is 24.3 Å². The highest BCUT2D eigenvalue weighted by atomic mass is 16.6. The van der Waals surface area contributed by atoms with Gasteiger partial charge in [-0.15, -0.1) is 0 Å². The molecule has 8 heteroatoms. The third-order valence-electron chi connectivity index (χ3n) is 8.07. The number of nitrogens with zero attached hydrogens (tertiary/aromatic N) is 2. The predicted octanol–water partition coefficient (Wildman–Crippen LogP) is 2.45. The first-order valence-corrected chi connectivity index (χ1v) is 13.1. The zero-order chi connectivity index (χ0) is 25.5. The minimum absolute atomic E-state index is 0.0837. The molecule has 1 N–H and O–H groups in total. The Bertz CT molecular complexity index is 913. The lowest BCUT2D eigenvalue weighted by Gasteiger charge is -2.41. The lowest BCUT2D eigenvalue weighted by Crippen LogP contribution is -2.59. The van der Waals surface area contributed by atoms with Gasteiger partial charge in [0.15, 0.2) is 0 Å². The highest BCUT2D eigenvalue weighted by Gasteiger charge is 2.75. The quantitative estimate of drug-likeness (QED) is 0.456. The molecule has 35 heavy (non-hydrogen) atoms. The summed E-state index contributed by atoms with van der Waals surface area (Å²) in [6, 6.07) is -1.60. The van der Waals surface area contributed by atoms with E-state index in [1.807, 2.05) is 58.9 Å². The normalized spacial score (nSPS) is 36.8. The fraction of sp³-hybridized carbons (Fsp3) is 0.741. The summed E-state index contributed by atoms with van der Waals surface area (Å²) < 4.78 is 12.5. The highest BCUT2D eigenvalue weighted by molar-refractivity contribution is 5.99. The molecule has 4 heterocycles. The topological polar surface area (TPSA) is 96.4 Å². The standard InChI is InChI=1S/C27H40N2O6/c1-6-26-11-8-7-9-14-34-25(33)21(26)20-23(31)29(19(16-30)15-17(2)3)22-24(32)28(18(4)5)13-10-12-27(20,22)35-26/h8,10-12,17-22,30H,6-7,9,13-16H2,1-5H3/b11-8-/t19-,20+,21+,22?,26-,27+/m1/s1. The molecule has 8 nitrogen and oxygen atoms in total. The van der Waals surface area contributed by atoms with Gasteiger partial charge in [0.25, 0.3) is 0 Å². The Balaban J connectivity index is 1.93. The largest absolute Gasteiger partial charge is 0.465 e. The molecule has 0 saturated carbocycles. The second-order valence-electron chi connectivity index (χ2n) is 11.0. The van der Waals surface area contributed by atoms with Crippen LogP contribution >= 0.6 is 0 Å². The number of cyclic esters (lactones) is 1. The summed E-state index contributed by atoms with van der Waals surface area (Å²) in [6.45, 7) is 10.3. The summed E-state index contributed by atoms with van der Waals surface area (Å²) in [4.78, 5) is 45.2. The fourth-order valence-electron chi connectivity index (χ4n) is 6.51. The summed E-state index contributed by atoms with van der Waals surface area (Å²) in [5, 5.41) is 10.4. The van der Waals surface area contributed by atoms with Crippen LogP contribution in [-0.2, 0) is 23.9 Å². The molecule has 2 fully saturated rings. The number of hydrogen-bond donors (Lipinski definition) is 1. The highest BCUT2D eigenvalue weighted by Crippen LogP contribution is 2.58. The van der Waals surface area contributed by atoms with Crippen molar-refractivity contribution in [2.45, 2.75) is 89.6 Å². The number of hydrogen-bond acceptors (Lipinski definition) is 6. The van der Waals surface area contributed by atoms with E-state index >= 15 is 0 Å². The Morgan fingerprint density at radius 2 is 1.83 bits per heavy atom. The molecule has 0 aliphatic carbocycles. The van der Waals surface area contributed by atoms with Gasteiger partial charge in [-0.25, -0.2) is 0 Å². The van der Waals surface area contributed by atoms with Crippen LogP contribution in [0.15, 0.2) is 24.3 Å². The minimum atomic E-state index is -1.31. The lowest BCUT2D eigenvalue weighted by atomic mass is 9.73. The number of carbonyl (C=O) groups excluding carboxylic acids is 3. The molecule has 194 valence electrons. The van der Waals surface area contributed by atoms with Crippen LogP contribution in [0.1, 0.15) is 60.3 Å². The molecule has 0 aromatic heterocycles. The Hall–Kier alpha value is -2.19. The van der Waals surface area contributed by atoms with Crippen LogP contribution in [0.5, 0.6) is 0 Å². The molecule has 0 aromatic carbocycles. The maximum absolute atomic E-state index is 14.3. The van der Waals surface area contributed by atoms with Crippen molar-refractivity contribution in [3.63, 3.8) is 0 Å². The van der Waals surface area contributed by atoms with E-state index in [1.165, 1.54) is 0 Å². The molecule has 4 rings (SSSR count). The Kier molecular flexibility index (Phi) is 7.17. The molecule has 1 unspecified atom stereocenters. The molecular weight excluding hydrogens is 448 g/mol. The van der Waals surface area contributed by atoms with Crippen LogP contribution in [0, 0.1) is 17.8 Å². The number of amides is 2. The molecule has 6 atom stereocenters. The Morgan fingerprint density at radius 1 is 1.09 bits per heavy atom. The summed E-state index contributed by atoms with van der Waals surface area (Å²) in [5.41, 5.74) is -2.36. The van der Waals surface area contributed by atoms with E-state index in [-0.39, 0.29) is 37.0 Å². The monoisotopic (exact) mass is 488 g/mol. The van der Waals surface area contributed by atoms with E-state index < -0.39 is 41.1 Å². The average molecular weight is 489 g/mol. The van der Waals surface area contributed by atoms with Gasteiger partial charge in [-0.05, 0) is 45.4 Å². The van der Waals surface area contributed by atoms with E-state index in [1.54, 1.807) is 9.80 Å². The molecule has 4 aliphatic rings. The van der Waals surface area contributed by atoms with Crippen molar-refractivity contribution >= 4 is 17.8 Å². The summed E-state index contributed by atoms with van der Waals surface area (Å²) in [5.74, 6) is -2.56. The van der Waals surface area contributed by atoms with Crippen molar-refractivity contribution < 1.29 is 29.0 Å². The van der Waals surface area contributed by atoms with Crippen LogP contribution in [0.25, 0.3) is 0 Å². The third kappa shape index (κ3) is 4.02. The molecule has 4 aliphatic heterocycles. The van der Waals surface area contributed by atoms with Gasteiger partial charge in [0.1, 0.15) is 23.2 Å². The first-order chi connectivity index (χ1) is 16.6. The van der Waals surface area contributed by atoms with Crippen molar-refractivity contribution in [3.8, 4) is 0 Å². The van der Waals surface area contributed by atoms with Gasteiger partial charge in [-0.1, -0.05) is 45.1 Å². The van der Waals surface area contributed by atoms with Gasteiger partial charge in [0, 0.05) is 12.6 Å². The second kappa shape index (κ2) is 9.69. The van der Waals surface area contributed by atoms with Crippen LogP contribution in [-0.4, -0.2) is 81.8 Å². The molecule has 1 spiro atoms. The maximum atomic E-state index is 14.3. The number of allylic oxidation sites excluding steroid dienone is 1. The molecular formula is C27H40N2O6. The van der Waals surface area contributed by atoms with E-state index in [2.05, 4.69) is 0 Å². The molecule has 0 bridgehead atoms. The number of aliphatic hydroxyl groups excluding tert-OH is 1. The maximum Gasteiger partial charge on any atom is 0.313 e. The lowest BCUT2D eigenvalue weighted by molar-refractivity contribution is -0.163. The molecule has 2 amide bonds. The van der Waals surface area contributed by atoms with Gasteiger partial charge >= 0.3 is 5.97 Å². The number of esters is 1. The zero-order valence-electron chi connectivity index (χ0n) is 21.6. The smallest absolute Gasteiger partial charge is 0.313 e. The number of fused-ring (bicyclic) bond motifs is 2. The van der Waals surface area contributed by atoms with Crippen molar-refractivity contribution in [2.24, 2.45) is 17.8 Å². The van der Waals surface area contributed by atoms with Gasteiger partial charge in [-0.3, -0.25) is 14.4 Å². The van der Waals surface area contributed by atoms with Gasteiger partial charge in [0.05, 0.1) is 25.2 Å². The van der Waals surface area contributed by atoms with E-state index in [4.69, 9.17) is 9.47 Å². The molecule has 2 saturated heterocycles. The molecule has 0 aromatic rings. The van der Waals surface area contributed by atoms with Gasteiger partial charge < -0.3 is 24.4 Å². The fourth-order valence-corrected chi connectivity index (χ4v) is 6.51. The van der Waals surface area contributed by atoms with Crippen molar-refractivity contribution in [1.82, 2.24) is 9.80 Å². The number of aliphatic hydroxyl groups is 1. The number of ether oxygens (including phenoxy) is 2. The van der Waals surface area contributed by atoms with Crippen LogP contribution in [0.3, 0.4) is 0 Å². The molecule has 0 radical (unpaired) electrons. The van der Waals surface area contributed by atoms with Gasteiger partial charge in [-0.2, -0.15) is 0 Å². The van der Waals surface area contributed by atoms with E-state index in [0.29, 0.717) is 25.8 Å². The Morgan fingerprint density at radius 3 is 2.46 bits per heavy atom. The SMILES string of the molecule is CC[C@@]12/C=C\CCCOC(=O)[C@@H]1[C@H]1C(=O)N([C@@H](CO)CC(C)C)C3C(=O)N(C(C)C)CC=C[C@@]31O2. The minimum Gasteiger partial charge on any atom is -0.465 e. The predicted molar refractivity (Wildman–Crippen MR) is 130 cm³/mol. The summed E-state index contributed by atoms with van der Waals surface area (Å²) in [7, 11) is 0. The van der Waals surface area contributed by atoms with E-state index in [9.17, 15) is 19.5 Å². The zero-order valence-corrected chi connectivity index (χ0v) is 21.6. The second-order valence-corrected chi connectivity index (χ2v) is 11.0. The first-order valence-electron chi connectivity index (χ1n) is 13.1. The number of rotatable bonds is 6. The average Bonchev–Trinajstić information content (AvgIpc) is 3.18. The van der Waals surface area contributed by atoms with E-state index in [0.717, 1.165) is 6.42 Å². The summed E-state index contributed by atoms with van der Waals surface area (Å²) >= 11 is 0. The van der Waals surface area contributed by atoms with Crippen molar-refractivity contribution in [1.29, 1.82) is 0 Å². The van der Waals surface area contributed by atoms with Gasteiger partial charge in [0.2, 0.25) is 11.8 Å². The first kappa shape index (κ1) is 25.9.